The summed E-state index contributed by atoms with van der Waals surface area (Å²) >= 11 is 0. The normalized spacial score (nSPS) is 12.5. The topological polar surface area (TPSA) is 60.0 Å². The summed E-state index contributed by atoms with van der Waals surface area (Å²) in [6.45, 7) is 6.84. The Balaban J connectivity index is 2.28. The van der Waals surface area contributed by atoms with Crippen molar-refractivity contribution in [2.24, 2.45) is 12.8 Å². The molecule has 114 valence electrons. The smallest absolute Gasteiger partial charge is 0.130 e. The van der Waals surface area contributed by atoms with Crippen molar-refractivity contribution < 1.29 is 0 Å². The van der Waals surface area contributed by atoms with E-state index in [9.17, 15) is 0 Å². The van der Waals surface area contributed by atoms with Gasteiger partial charge in [0.05, 0.1) is 17.9 Å². The third-order valence-electron chi connectivity index (χ3n) is 3.55. The maximum atomic E-state index is 5.98. The molecule has 21 heavy (non-hydrogen) atoms. The van der Waals surface area contributed by atoms with E-state index in [-0.39, 0.29) is 6.04 Å². The van der Waals surface area contributed by atoms with Crippen LogP contribution in [0.4, 0.5) is 5.82 Å². The highest BCUT2D eigenvalue weighted by atomic mass is 15.4. The lowest BCUT2D eigenvalue weighted by Crippen LogP contribution is -2.24. The molecule has 2 rings (SSSR count). The molecule has 0 aliphatic rings. The molecule has 0 aromatic carbocycles. The van der Waals surface area contributed by atoms with Crippen LogP contribution in [0.25, 0.3) is 0 Å². The van der Waals surface area contributed by atoms with Gasteiger partial charge in [-0.05, 0) is 39.3 Å². The molecular weight excluding hydrogens is 262 g/mol. The van der Waals surface area contributed by atoms with Crippen molar-refractivity contribution >= 4 is 5.82 Å². The average molecular weight is 287 g/mol. The van der Waals surface area contributed by atoms with E-state index < -0.39 is 0 Å². The second-order valence-corrected chi connectivity index (χ2v) is 5.82. The SMILES string of the molecule is Cc1cccc(CN(C)c2c(CC(C)N)c(C)nn2C)n1. The quantitative estimate of drug-likeness (QED) is 0.913. The van der Waals surface area contributed by atoms with E-state index >= 15 is 0 Å². The average Bonchev–Trinajstić information content (AvgIpc) is 2.63. The standard InChI is InChI=1S/C16H25N5/c1-11(17)9-15-13(3)19-21(5)16(15)20(4)10-14-8-6-7-12(2)18-14/h6-8,11H,9-10,17H2,1-5H3. The first-order valence-corrected chi connectivity index (χ1v) is 7.30. The Morgan fingerprint density at radius 3 is 2.67 bits per heavy atom. The lowest BCUT2D eigenvalue weighted by Gasteiger charge is -2.21. The molecule has 0 spiro atoms. The summed E-state index contributed by atoms with van der Waals surface area (Å²) in [5.74, 6) is 1.12. The Morgan fingerprint density at radius 1 is 1.33 bits per heavy atom. The summed E-state index contributed by atoms with van der Waals surface area (Å²) in [6.07, 6.45) is 0.834. The van der Waals surface area contributed by atoms with Gasteiger partial charge in [-0.15, -0.1) is 0 Å². The van der Waals surface area contributed by atoms with Gasteiger partial charge in [0.25, 0.3) is 0 Å². The van der Waals surface area contributed by atoms with E-state index in [0.717, 1.165) is 35.9 Å². The van der Waals surface area contributed by atoms with E-state index in [1.54, 1.807) is 0 Å². The van der Waals surface area contributed by atoms with E-state index in [0.29, 0.717) is 0 Å². The maximum Gasteiger partial charge on any atom is 0.130 e. The molecule has 2 heterocycles. The second kappa shape index (κ2) is 6.26. The fraction of sp³-hybridized carbons (Fsp3) is 0.500. The van der Waals surface area contributed by atoms with Crippen molar-refractivity contribution in [3.05, 3.63) is 40.8 Å². The predicted octanol–water partition coefficient (Wildman–Crippen LogP) is 1.96. The summed E-state index contributed by atoms with van der Waals surface area (Å²) in [6, 6.07) is 6.23. The van der Waals surface area contributed by atoms with Crippen LogP contribution in [0, 0.1) is 13.8 Å². The first kappa shape index (κ1) is 15.5. The minimum atomic E-state index is 0.122. The molecule has 0 saturated carbocycles. The number of hydrogen-bond donors (Lipinski definition) is 1. The zero-order valence-electron chi connectivity index (χ0n) is 13.6. The number of hydrogen-bond acceptors (Lipinski definition) is 4. The van der Waals surface area contributed by atoms with Crippen LogP contribution in [0.3, 0.4) is 0 Å². The molecule has 5 nitrogen and oxygen atoms in total. The molecule has 0 radical (unpaired) electrons. The zero-order chi connectivity index (χ0) is 15.6. The van der Waals surface area contributed by atoms with Gasteiger partial charge in [0, 0.05) is 31.4 Å². The van der Waals surface area contributed by atoms with Crippen LogP contribution in [0.5, 0.6) is 0 Å². The minimum Gasteiger partial charge on any atom is -0.354 e. The van der Waals surface area contributed by atoms with E-state index in [2.05, 4.69) is 28.1 Å². The highest BCUT2D eigenvalue weighted by Crippen LogP contribution is 2.24. The van der Waals surface area contributed by atoms with Crippen LogP contribution >= 0.6 is 0 Å². The van der Waals surface area contributed by atoms with Gasteiger partial charge in [0.2, 0.25) is 0 Å². The van der Waals surface area contributed by atoms with Crippen LogP contribution in [-0.2, 0) is 20.0 Å². The third-order valence-corrected chi connectivity index (χ3v) is 3.55. The Labute approximate surface area is 126 Å². The molecule has 0 aliphatic carbocycles. The Kier molecular flexibility index (Phi) is 4.63. The molecule has 0 aliphatic heterocycles. The van der Waals surface area contributed by atoms with E-state index in [1.807, 2.05) is 44.6 Å². The van der Waals surface area contributed by atoms with Crippen LogP contribution in [0.1, 0.15) is 29.6 Å². The lowest BCUT2D eigenvalue weighted by atomic mass is 10.1. The van der Waals surface area contributed by atoms with Crippen molar-refractivity contribution in [1.29, 1.82) is 0 Å². The Morgan fingerprint density at radius 2 is 2.05 bits per heavy atom. The monoisotopic (exact) mass is 287 g/mol. The first-order valence-electron chi connectivity index (χ1n) is 7.30. The fourth-order valence-electron chi connectivity index (χ4n) is 2.73. The number of aryl methyl sites for hydroxylation is 3. The summed E-state index contributed by atoms with van der Waals surface area (Å²) < 4.78 is 1.93. The summed E-state index contributed by atoms with van der Waals surface area (Å²) in [4.78, 5) is 6.76. The molecule has 1 unspecified atom stereocenters. The number of pyridine rings is 1. The molecule has 0 amide bonds. The molecule has 0 bridgehead atoms. The second-order valence-electron chi connectivity index (χ2n) is 5.82. The number of rotatable bonds is 5. The highest BCUT2D eigenvalue weighted by molar-refractivity contribution is 5.50. The first-order chi connectivity index (χ1) is 9.88. The largest absolute Gasteiger partial charge is 0.354 e. The van der Waals surface area contributed by atoms with Crippen LogP contribution in [0.15, 0.2) is 18.2 Å². The lowest BCUT2D eigenvalue weighted by molar-refractivity contribution is 0.711. The summed E-state index contributed by atoms with van der Waals surface area (Å²) in [5, 5.41) is 4.54. The van der Waals surface area contributed by atoms with Gasteiger partial charge in [-0.1, -0.05) is 6.07 Å². The molecule has 2 aromatic rings. The minimum absolute atomic E-state index is 0.122. The van der Waals surface area contributed by atoms with Crippen LogP contribution in [0.2, 0.25) is 0 Å². The number of nitrogens with zero attached hydrogens (tertiary/aromatic N) is 4. The molecule has 2 aromatic heterocycles. The van der Waals surface area contributed by atoms with Gasteiger partial charge in [0.1, 0.15) is 5.82 Å². The van der Waals surface area contributed by atoms with Crippen LogP contribution < -0.4 is 10.6 Å². The maximum absolute atomic E-state index is 5.98. The van der Waals surface area contributed by atoms with Gasteiger partial charge in [-0.25, -0.2) is 0 Å². The van der Waals surface area contributed by atoms with E-state index in [1.165, 1.54) is 5.56 Å². The van der Waals surface area contributed by atoms with Crippen molar-refractivity contribution in [2.45, 2.75) is 39.8 Å². The van der Waals surface area contributed by atoms with Crippen molar-refractivity contribution in [3.63, 3.8) is 0 Å². The number of nitrogens with two attached hydrogens (primary N) is 1. The molecule has 1 atom stereocenters. The van der Waals surface area contributed by atoms with E-state index in [4.69, 9.17) is 5.73 Å². The molecule has 5 heteroatoms. The van der Waals surface area contributed by atoms with Gasteiger partial charge in [-0.2, -0.15) is 5.10 Å². The third kappa shape index (κ3) is 3.61. The van der Waals surface area contributed by atoms with Crippen LogP contribution in [-0.4, -0.2) is 27.9 Å². The van der Waals surface area contributed by atoms with Crippen molar-refractivity contribution in [1.82, 2.24) is 14.8 Å². The van der Waals surface area contributed by atoms with Gasteiger partial charge in [0.15, 0.2) is 0 Å². The molecular formula is C16H25N5. The fourth-order valence-corrected chi connectivity index (χ4v) is 2.73. The van der Waals surface area contributed by atoms with Crippen molar-refractivity contribution in [2.75, 3.05) is 11.9 Å². The predicted molar refractivity (Wildman–Crippen MR) is 86.4 cm³/mol. The van der Waals surface area contributed by atoms with Gasteiger partial charge >= 0.3 is 0 Å². The molecule has 0 fully saturated rings. The highest BCUT2D eigenvalue weighted by Gasteiger charge is 2.18. The summed E-state index contributed by atoms with van der Waals surface area (Å²) in [7, 11) is 4.05. The Bertz CT molecular complexity index is 615. The van der Waals surface area contributed by atoms with Gasteiger partial charge in [-0.3, -0.25) is 9.67 Å². The molecule has 2 N–H and O–H groups in total. The molecule has 0 saturated heterocycles. The Hall–Kier alpha value is -1.88. The number of anilines is 1. The zero-order valence-corrected chi connectivity index (χ0v) is 13.6. The summed E-state index contributed by atoms with van der Waals surface area (Å²) in [5.41, 5.74) is 10.3. The van der Waals surface area contributed by atoms with Crippen molar-refractivity contribution in [3.8, 4) is 0 Å². The van der Waals surface area contributed by atoms with Gasteiger partial charge < -0.3 is 10.6 Å². The number of aromatic nitrogens is 3.